The second kappa shape index (κ2) is 7.41. The normalized spacial score (nSPS) is 19.1. The predicted molar refractivity (Wildman–Crippen MR) is 81.3 cm³/mol. The quantitative estimate of drug-likeness (QED) is 0.853. The maximum absolute atomic E-state index is 12.1. The monoisotopic (exact) mass is 275 g/mol. The average Bonchev–Trinajstić information content (AvgIpc) is 2.45. The largest absolute Gasteiger partial charge is 0.352 e. The van der Waals surface area contributed by atoms with E-state index in [0.717, 1.165) is 32.5 Å². The van der Waals surface area contributed by atoms with Crippen LogP contribution in [0.1, 0.15) is 24.0 Å². The summed E-state index contributed by atoms with van der Waals surface area (Å²) in [5.74, 6) is 0.309. The molecule has 1 fully saturated rings. The number of nitrogens with one attached hydrogen (secondary N) is 2. The Morgan fingerprint density at radius 1 is 1.40 bits per heavy atom. The van der Waals surface area contributed by atoms with Crippen molar-refractivity contribution in [3.8, 4) is 0 Å². The number of rotatable bonds is 5. The van der Waals surface area contributed by atoms with Crippen LogP contribution in [0.2, 0.25) is 0 Å². The van der Waals surface area contributed by atoms with Gasteiger partial charge in [0.25, 0.3) is 0 Å². The Labute approximate surface area is 121 Å². The molecule has 1 unspecified atom stereocenters. The summed E-state index contributed by atoms with van der Waals surface area (Å²) in [5, 5.41) is 6.33. The summed E-state index contributed by atoms with van der Waals surface area (Å²) in [6.07, 6.45) is 2.09. The lowest BCUT2D eigenvalue weighted by Crippen LogP contribution is -2.40. The Hall–Kier alpha value is -1.39. The fourth-order valence-electron chi connectivity index (χ4n) is 2.61. The number of carbonyl (C=O) groups is 1. The third-order valence-electron chi connectivity index (χ3n) is 3.62. The van der Waals surface area contributed by atoms with Crippen molar-refractivity contribution in [1.82, 2.24) is 15.5 Å². The third kappa shape index (κ3) is 4.62. The summed E-state index contributed by atoms with van der Waals surface area (Å²) in [7, 11) is 4.12. The van der Waals surface area contributed by atoms with Crippen LogP contribution in [-0.2, 0) is 17.9 Å². The maximum atomic E-state index is 12.1. The Balaban J connectivity index is 1.85. The molecule has 0 aliphatic carbocycles. The van der Waals surface area contributed by atoms with Crippen molar-refractivity contribution in [2.75, 3.05) is 27.2 Å². The Kier molecular flexibility index (Phi) is 5.56. The van der Waals surface area contributed by atoms with Crippen LogP contribution in [0.15, 0.2) is 24.3 Å². The molecule has 0 spiro atoms. The fourth-order valence-corrected chi connectivity index (χ4v) is 2.61. The molecule has 1 aromatic rings. The highest BCUT2D eigenvalue weighted by molar-refractivity contribution is 5.78. The van der Waals surface area contributed by atoms with Crippen molar-refractivity contribution in [2.24, 2.45) is 5.92 Å². The number of amides is 1. The molecule has 1 aliphatic heterocycles. The molecule has 2 N–H and O–H groups in total. The van der Waals surface area contributed by atoms with Crippen LogP contribution in [0.3, 0.4) is 0 Å². The summed E-state index contributed by atoms with van der Waals surface area (Å²) >= 11 is 0. The van der Waals surface area contributed by atoms with E-state index < -0.39 is 0 Å². The van der Waals surface area contributed by atoms with Crippen LogP contribution in [0.4, 0.5) is 0 Å². The van der Waals surface area contributed by atoms with E-state index in [0.29, 0.717) is 6.54 Å². The van der Waals surface area contributed by atoms with E-state index in [1.54, 1.807) is 0 Å². The van der Waals surface area contributed by atoms with Gasteiger partial charge in [-0.3, -0.25) is 4.79 Å². The van der Waals surface area contributed by atoms with Gasteiger partial charge in [0, 0.05) is 19.6 Å². The van der Waals surface area contributed by atoms with Crippen molar-refractivity contribution >= 4 is 5.91 Å². The number of hydrogen-bond donors (Lipinski definition) is 2. The molecule has 4 nitrogen and oxygen atoms in total. The molecule has 1 saturated heterocycles. The van der Waals surface area contributed by atoms with E-state index in [1.165, 1.54) is 11.1 Å². The van der Waals surface area contributed by atoms with Crippen LogP contribution < -0.4 is 10.6 Å². The highest BCUT2D eigenvalue weighted by atomic mass is 16.1. The standard InChI is InChI=1S/C16H25N3O/c1-19(2)12-14-6-3-5-13(9-14)10-18-16(20)15-7-4-8-17-11-15/h3,5-6,9,15,17H,4,7-8,10-12H2,1-2H3,(H,18,20). The van der Waals surface area contributed by atoms with Gasteiger partial charge < -0.3 is 15.5 Å². The summed E-state index contributed by atoms with van der Waals surface area (Å²) in [4.78, 5) is 14.2. The maximum Gasteiger partial charge on any atom is 0.224 e. The SMILES string of the molecule is CN(C)Cc1cccc(CNC(=O)C2CCCNC2)c1. The first-order valence-corrected chi connectivity index (χ1v) is 7.36. The fraction of sp³-hybridized carbons (Fsp3) is 0.562. The van der Waals surface area contributed by atoms with Gasteiger partial charge in [0.15, 0.2) is 0 Å². The number of carbonyl (C=O) groups excluding carboxylic acids is 1. The second-order valence-electron chi connectivity index (χ2n) is 5.82. The van der Waals surface area contributed by atoms with E-state index in [1.807, 2.05) is 0 Å². The van der Waals surface area contributed by atoms with E-state index in [9.17, 15) is 4.79 Å². The van der Waals surface area contributed by atoms with Crippen LogP contribution in [0.25, 0.3) is 0 Å². The Bertz CT molecular complexity index is 439. The molecule has 0 saturated carbocycles. The molecule has 1 heterocycles. The van der Waals surface area contributed by atoms with Gasteiger partial charge >= 0.3 is 0 Å². The highest BCUT2D eigenvalue weighted by Gasteiger charge is 2.20. The van der Waals surface area contributed by atoms with E-state index in [-0.39, 0.29) is 11.8 Å². The topological polar surface area (TPSA) is 44.4 Å². The van der Waals surface area contributed by atoms with E-state index in [4.69, 9.17) is 0 Å². The molecular formula is C16H25N3O. The van der Waals surface area contributed by atoms with Gasteiger partial charge in [-0.15, -0.1) is 0 Å². The zero-order chi connectivity index (χ0) is 14.4. The third-order valence-corrected chi connectivity index (χ3v) is 3.62. The number of nitrogens with zero attached hydrogens (tertiary/aromatic N) is 1. The van der Waals surface area contributed by atoms with Crippen LogP contribution in [0.5, 0.6) is 0 Å². The number of piperidine rings is 1. The van der Waals surface area contributed by atoms with Crippen molar-refractivity contribution in [1.29, 1.82) is 0 Å². The molecule has 2 rings (SSSR count). The first-order valence-electron chi connectivity index (χ1n) is 7.36. The van der Waals surface area contributed by atoms with Crippen LogP contribution in [0, 0.1) is 5.92 Å². The molecular weight excluding hydrogens is 250 g/mol. The minimum Gasteiger partial charge on any atom is -0.352 e. The Morgan fingerprint density at radius 2 is 2.20 bits per heavy atom. The second-order valence-corrected chi connectivity index (χ2v) is 5.82. The molecule has 1 amide bonds. The molecule has 4 heteroatoms. The summed E-state index contributed by atoms with van der Waals surface area (Å²) < 4.78 is 0. The molecule has 0 radical (unpaired) electrons. The zero-order valence-electron chi connectivity index (χ0n) is 12.5. The highest BCUT2D eigenvalue weighted by Crippen LogP contribution is 2.11. The molecule has 1 aromatic carbocycles. The van der Waals surface area contributed by atoms with Gasteiger partial charge in [0.2, 0.25) is 5.91 Å². The van der Waals surface area contributed by atoms with Crippen molar-refractivity contribution in [2.45, 2.75) is 25.9 Å². The minimum atomic E-state index is 0.133. The van der Waals surface area contributed by atoms with Crippen molar-refractivity contribution < 1.29 is 4.79 Å². The lowest BCUT2D eigenvalue weighted by molar-refractivity contribution is -0.125. The average molecular weight is 275 g/mol. The lowest BCUT2D eigenvalue weighted by atomic mass is 9.99. The van der Waals surface area contributed by atoms with Gasteiger partial charge in [-0.1, -0.05) is 24.3 Å². The predicted octanol–water partition coefficient (Wildman–Crippen LogP) is 1.36. The van der Waals surface area contributed by atoms with Crippen LogP contribution in [-0.4, -0.2) is 38.0 Å². The first kappa shape index (κ1) is 15.0. The molecule has 0 aromatic heterocycles. The van der Waals surface area contributed by atoms with E-state index in [2.05, 4.69) is 53.9 Å². The number of benzene rings is 1. The zero-order valence-corrected chi connectivity index (χ0v) is 12.5. The number of hydrogen-bond acceptors (Lipinski definition) is 3. The summed E-state index contributed by atoms with van der Waals surface area (Å²) in [5.41, 5.74) is 2.45. The Morgan fingerprint density at radius 3 is 2.90 bits per heavy atom. The summed E-state index contributed by atoms with van der Waals surface area (Å²) in [6.45, 7) is 3.40. The van der Waals surface area contributed by atoms with Crippen molar-refractivity contribution in [3.63, 3.8) is 0 Å². The first-order chi connectivity index (χ1) is 9.65. The van der Waals surface area contributed by atoms with Gasteiger partial charge in [-0.25, -0.2) is 0 Å². The summed E-state index contributed by atoms with van der Waals surface area (Å²) in [6, 6.07) is 8.41. The molecule has 110 valence electrons. The van der Waals surface area contributed by atoms with Gasteiger partial charge in [-0.05, 0) is 44.6 Å². The van der Waals surface area contributed by atoms with Gasteiger partial charge in [0.05, 0.1) is 5.92 Å². The minimum absolute atomic E-state index is 0.133. The molecule has 1 atom stereocenters. The van der Waals surface area contributed by atoms with Crippen molar-refractivity contribution in [3.05, 3.63) is 35.4 Å². The van der Waals surface area contributed by atoms with E-state index >= 15 is 0 Å². The van der Waals surface area contributed by atoms with Crippen LogP contribution >= 0.6 is 0 Å². The molecule has 1 aliphatic rings. The molecule has 20 heavy (non-hydrogen) atoms. The molecule has 0 bridgehead atoms. The van der Waals surface area contributed by atoms with Gasteiger partial charge in [-0.2, -0.15) is 0 Å². The lowest BCUT2D eigenvalue weighted by Gasteiger charge is -2.22. The van der Waals surface area contributed by atoms with Gasteiger partial charge in [0.1, 0.15) is 0 Å². The smallest absolute Gasteiger partial charge is 0.224 e.